The molecule has 1 fully saturated rings. The third kappa shape index (κ3) is 8.83. The number of hydrogen-bond donors (Lipinski definition) is 4. The Morgan fingerprint density at radius 2 is 1.84 bits per heavy atom. The van der Waals surface area contributed by atoms with Crippen LogP contribution < -0.4 is 20.9 Å². The van der Waals surface area contributed by atoms with Crippen molar-refractivity contribution >= 4 is 40.1 Å². The Balaban J connectivity index is 0.000000591. The number of aromatic amines is 1. The van der Waals surface area contributed by atoms with Gasteiger partial charge in [0.25, 0.3) is 11.5 Å². The molecule has 0 spiro atoms. The largest absolute Gasteiger partial charge is 0.492 e. The lowest BCUT2D eigenvalue weighted by molar-refractivity contribution is -0.192. The number of hydrogen-bond acceptors (Lipinski definition) is 6. The van der Waals surface area contributed by atoms with Crippen molar-refractivity contribution < 1.29 is 32.6 Å². The molecule has 1 aliphatic rings. The quantitative estimate of drug-likeness (QED) is 0.177. The van der Waals surface area contributed by atoms with Gasteiger partial charge in [0.05, 0.1) is 40.2 Å². The van der Waals surface area contributed by atoms with E-state index in [-0.39, 0.29) is 22.1 Å². The van der Waals surface area contributed by atoms with E-state index in [0.717, 1.165) is 36.1 Å². The number of benzene rings is 2. The first kappa shape index (κ1) is 33.5. The molecule has 1 unspecified atom stereocenters. The Morgan fingerprint density at radius 1 is 1.13 bits per heavy atom. The number of aliphatic carboxylic acids is 1. The minimum Gasteiger partial charge on any atom is -0.492 e. The lowest BCUT2D eigenvalue weighted by Crippen LogP contribution is -2.35. The van der Waals surface area contributed by atoms with E-state index in [2.05, 4.69) is 26.7 Å². The van der Waals surface area contributed by atoms with Gasteiger partial charge in [-0.15, -0.1) is 0 Å². The van der Waals surface area contributed by atoms with Gasteiger partial charge in [0.1, 0.15) is 5.75 Å². The van der Waals surface area contributed by atoms with E-state index in [1.807, 2.05) is 26.0 Å². The van der Waals surface area contributed by atoms with Gasteiger partial charge in [0.2, 0.25) is 0 Å². The van der Waals surface area contributed by atoms with Gasteiger partial charge in [-0.1, -0.05) is 47.3 Å². The first-order valence-electron chi connectivity index (χ1n) is 14.2. The predicted octanol–water partition coefficient (Wildman–Crippen LogP) is 6.66. The van der Waals surface area contributed by atoms with Gasteiger partial charge in [0, 0.05) is 17.6 Å². The van der Waals surface area contributed by atoms with Crippen LogP contribution in [0.2, 0.25) is 5.02 Å². The molecule has 1 atom stereocenters. The monoisotopic (exact) mass is 644 g/mol. The number of pyridine rings is 2. The normalized spacial score (nSPS) is 14.8. The number of alkyl halides is 3. The van der Waals surface area contributed by atoms with E-state index in [9.17, 15) is 22.8 Å². The van der Waals surface area contributed by atoms with E-state index >= 15 is 0 Å². The van der Waals surface area contributed by atoms with Crippen LogP contribution in [-0.2, 0) is 4.79 Å². The van der Waals surface area contributed by atoms with Crippen molar-refractivity contribution in [2.75, 3.05) is 18.5 Å². The summed E-state index contributed by atoms with van der Waals surface area (Å²) in [6.45, 7) is 5.46. The molecule has 238 valence electrons. The molecule has 2 aromatic heterocycles. The number of piperidine rings is 1. The first-order valence-corrected chi connectivity index (χ1v) is 14.6. The highest BCUT2D eigenvalue weighted by atomic mass is 35.5. The molecule has 9 nitrogen and oxygen atoms in total. The maximum absolute atomic E-state index is 13.4. The van der Waals surface area contributed by atoms with Crippen LogP contribution in [0.25, 0.3) is 22.0 Å². The molecule has 0 saturated carbocycles. The van der Waals surface area contributed by atoms with Gasteiger partial charge < -0.3 is 25.5 Å². The number of carbonyl (C=O) groups excluding carboxylic acids is 1. The molecule has 0 bridgehead atoms. The van der Waals surface area contributed by atoms with Crippen LogP contribution in [-0.4, -0.2) is 52.3 Å². The van der Waals surface area contributed by atoms with Crippen molar-refractivity contribution in [2.45, 2.75) is 51.7 Å². The van der Waals surface area contributed by atoms with E-state index in [1.54, 1.807) is 36.7 Å². The van der Waals surface area contributed by atoms with Crippen LogP contribution in [0.4, 0.5) is 18.9 Å². The van der Waals surface area contributed by atoms with E-state index in [1.165, 1.54) is 12.8 Å². The van der Waals surface area contributed by atoms with E-state index < -0.39 is 12.1 Å². The smallest absolute Gasteiger partial charge is 0.490 e. The Hall–Kier alpha value is -4.42. The minimum atomic E-state index is -5.08. The fraction of sp³-hybridized carbons (Fsp3) is 0.312. The number of carbonyl (C=O) groups is 2. The zero-order chi connectivity index (χ0) is 32.7. The van der Waals surface area contributed by atoms with Gasteiger partial charge in [-0.2, -0.15) is 13.2 Å². The number of amides is 1. The summed E-state index contributed by atoms with van der Waals surface area (Å²) in [5.41, 5.74) is 4.39. The summed E-state index contributed by atoms with van der Waals surface area (Å²) in [6, 6.07) is 13.2. The molecule has 1 aliphatic heterocycles. The summed E-state index contributed by atoms with van der Waals surface area (Å²) in [7, 11) is 0. The molecule has 2 aromatic carbocycles. The fourth-order valence-electron chi connectivity index (χ4n) is 5.10. The molecule has 0 radical (unpaired) electrons. The van der Waals surface area contributed by atoms with Crippen LogP contribution in [0.1, 0.15) is 47.2 Å². The Bertz CT molecular complexity index is 1720. The SMILES string of the molecule is Cc1cc(C)cc(-c2c(OCCC3CCCCN3)c3cc(C(=O)Nc4cccnc4)c(Cl)cc3[nH]c2=O)c1.O=C(O)C(F)(F)F. The van der Waals surface area contributed by atoms with Gasteiger partial charge in [-0.25, -0.2) is 4.79 Å². The second kappa shape index (κ2) is 14.6. The highest BCUT2D eigenvalue weighted by Crippen LogP contribution is 2.37. The lowest BCUT2D eigenvalue weighted by Gasteiger charge is -2.24. The molecular formula is C32H32ClF3N4O5. The van der Waals surface area contributed by atoms with E-state index in [4.69, 9.17) is 26.2 Å². The third-order valence-corrected chi connectivity index (χ3v) is 7.41. The molecule has 5 rings (SSSR count). The molecule has 45 heavy (non-hydrogen) atoms. The maximum Gasteiger partial charge on any atom is 0.490 e. The molecule has 13 heteroatoms. The Morgan fingerprint density at radius 3 is 2.44 bits per heavy atom. The van der Waals surface area contributed by atoms with Crippen molar-refractivity contribution in [3.05, 3.63) is 86.9 Å². The number of aromatic nitrogens is 2. The number of ether oxygens (including phenoxy) is 1. The molecule has 3 heterocycles. The Labute approximate surface area is 261 Å². The van der Waals surface area contributed by atoms with Gasteiger partial charge >= 0.3 is 12.1 Å². The number of nitrogens with one attached hydrogen (secondary N) is 3. The number of rotatable bonds is 7. The van der Waals surface area contributed by atoms with Crippen molar-refractivity contribution in [3.63, 3.8) is 0 Å². The molecular weight excluding hydrogens is 613 g/mol. The standard InChI is InChI=1S/C30H31ClN4O3.C2HF3O2/c1-18-12-19(2)14-20(13-18)27-28(38-11-8-21-6-3-4-10-33-21)24-15-23(25(31)16-26(24)35-30(27)37)29(36)34-22-7-5-9-32-17-22;3-2(4,5)1(6)7/h5,7,9,12-17,21,33H,3-4,6,8,10-11H2,1-2H3,(H,34,36)(H,35,37);(H,6,7). The summed E-state index contributed by atoms with van der Waals surface area (Å²) in [5, 5.41) is 14.4. The minimum absolute atomic E-state index is 0.228. The summed E-state index contributed by atoms with van der Waals surface area (Å²) in [6.07, 6.45) is 2.44. The summed E-state index contributed by atoms with van der Waals surface area (Å²) in [4.78, 5) is 42.5. The van der Waals surface area contributed by atoms with Gasteiger partial charge in [-0.3, -0.25) is 14.6 Å². The highest BCUT2D eigenvalue weighted by Gasteiger charge is 2.38. The number of halogens is 4. The summed E-state index contributed by atoms with van der Waals surface area (Å²) < 4.78 is 38.2. The number of aryl methyl sites for hydroxylation is 2. The zero-order valence-electron chi connectivity index (χ0n) is 24.6. The van der Waals surface area contributed by atoms with Crippen molar-refractivity contribution in [3.8, 4) is 16.9 Å². The number of carboxylic acid groups (broad SMARTS) is 1. The van der Waals surface area contributed by atoms with Crippen LogP contribution in [0, 0.1) is 13.8 Å². The first-order chi connectivity index (χ1) is 21.3. The lowest BCUT2D eigenvalue weighted by atomic mass is 9.98. The second-order valence-electron chi connectivity index (χ2n) is 10.7. The summed E-state index contributed by atoms with van der Waals surface area (Å²) >= 11 is 6.53. The maximum atomic E-state index is 13.4. The molecule has 4 aromatic rings. The van der Waals surface area contributed by atoms with Crippen molar-refractivity contribution in [2.24, 2.45) is 0 Å². The zero-order valence-corrected chi connectivity index (χ0v) is 25.3. The molecule has 1 saturated heterocycles. The van der Waals surface area contributed by atoms with Crippen LogP contribution in [0.5, 0.6) is 5.75 Å². The highest BCUT2D eigenvalue weighted by molar-refractivity contribution is 6.35. The number of carboxylic acids is 1. The predicted molar refractivity (Wildman–Crippen MR) is 166 cm³/mol. The van der Waals surface area contributed by atoms with Crippen LogP contribution in [0.3, 0.4) is 0 Å². The number of H-pyrrole nitrogens is 1. The average molecular weight is 645 g/mol. The third-order valence-electron chi connectivity index (χ3n) is 7.10. The number of fused-ring (bicyclic) bond motifs is 1. The Kier molecular flexibility index (Phi) is 10.8. The molecule has 4 N–H and O–H groups in total. The van der Waals surface area contributed by atoms with Gasteiger partial charge in [0.15, 0.2) is 0 Å². The molecule has 1 amide bonds. The van der Waals surface area contributed by atoms with E-state index in [0.29, 0.717) is 40.6 Å². The van der Waals surface area contributed by atoms with Crippen LogP contribution in [0.15, 0.2) is 59.7 Å². The van der Waals surface area contributed by atoms with Crippen molar-refractivity contribution in [1.82, 2.24) is 15.3 Å². The van der Waals surface area contributed by atoms with Gasteiger partial charge in [-0.05, 0) is 69.5 Å². The average Bonchev–Trinajstić information content (AvgIpc) is 2.97. The van der Waals surface area contributed by atoms with Crippen molar-refractivity contribution in [1.29, 1.82) is 0 Å². The number of nitrogens with zero attached hydrogens (tertiary/aromatic N) is 1. The summed E-state index contributed by atoms with van der Waals surface area (Å²) in [5.74, 6) is -2.68. The van der Waals surface area contributed by atoms with Crippen LogP contribution >= 0.6 is 11.6 Å². The molecule has 0 aliphatic carbocycles. The fourth-order valence-corrected chi connectivity index (χ4v) is 5.35. The number of anilines is 1. The topological polar surface area (TPSA) is 133 Å². The second-order valence-corrected chi connectivity index (χ2v) is 11.1.